The summed E-state index contributed by atoms with van der Waals surface area (Å²) in [5, 5.41) is 7.89. The summed E-state index contributed by atoms with van der Waals surface area (Å²) in [5.41, 5.74) is 0.191. The molecule has 162 valence electrons. The van der Waals surface area contributed by atoms with Crippen LogP contribution in [0.3, 0.4) is 0 Å². The molecule has 11 heteroatoms. The summed E-state index contributed by atoms with van der Waals surface area (Å²) in [5.74, 6) is -3.62. The Kier molecular flexibility index (Phi) is 8.57. The minimum Gasteiger partial charge on any atom is -0.490 e. The van der Waals surface area contributed by atoms with Crippen LogP contribution in [0, 0.1) is 17.5 Å². The van der Waals surface area contributed by atoms with Crippen LogP contribution < -0.4 is 25.4 Å². The van der Waals surface area contributed by atoms with E-state index in [2.05, 4.69) is 20.9 Å². The molecule has 3 N–H and O–H groups in total. The zero-order chi connectivity index (χ0) is 20.8. The largest absolute Gasteiger partial charge is 0.490 e. The van der Waals surface area contributed by atoms with Crippen LogP contribution >= 0.6 is 24.0 Å². The summed E-state index contributed by atoms with van der Waals surface area (Å²) in [6.45, 7) is 0.837. The first-order chi connectivity index (χ1) is 14.0. The van der Waals surface area contributed by atoms with Gasteiger partial charge in [-0.1, -0.05) is 0 Å². The van der Waals surface area contributed by atoms with Crippen molar-refractivity contribution in [2.24, 2.45) is 4.99 Å². The number of amides is 1. The number of benzene rings is 2. The van der Waals surface area contributed by atoms with E-state index in [0.717, 1.165) is 18.6 Å². The second-order valence-corrected chi connectivity index (χ2v) is 6.03. The highest BCUT2D eigenvalue weighted by atomic mass is 127. The standard InChI is InChI=1S/C19H19F3N4O3.HI/c1-23-19(25-11-3-6-14-15(9-11)29-8-2-7-28-14)24-10-16(27)26-13-5-4-12(20)17(21)18(13)22;/h3-6,9H,2,7-8,10H2,1H3,(H,26,27)(H2,23,24,25);1H. The Morgan fingerprint density at radius 3 is 2.50 bits per heavy atom. The van der Waals surface area contributed by atoms with Gasteiger partial charge in [-0.25, -0.2) is 13.2 Å². The molecule has 0 aliphatic carbocycles. The number of halogens is 4. The number of carbonyl (C=O) groups is 1. The summed E-state index contributed by atoms with van der Waals surface area (Å²) in [6, 6.07) is 6.93. The van der Waals surface area contributed by atoms with Gasteiger partial charge in [-0.3, -0.25) is 9.79 Å². The average molecular weight is 536 g/mol. The van der Waals surface area contributed by atoms with Crippen LogP contribution in [0.4, 0.5) is 24.5 Å². The van der Waals surface area contributed by atoms with Gasteiger partial charge in [0.15, 0.2) is 34.9 Å². The number of fused-ring (bicyclic) bond motifs is 1. The number of nitrogens with one attached hydrogen (secondary N) is 3. The van der Waals surface area contributed by atoms with Crippen LogP contribution in [0.5, 0.6) is 11.5 Å². The molecule has 0 radical (unpaired) electrons. The van der Waals surface area contributed by atoms with E-state index in [1.54, 1.807) is 18.2 Å². The smallest absolute Gasteiger partial charge is 0.243 e. The molecule has 30 heavy (non-hydrogen) atoms. The van der Waals surface area contributed by atoms with Crippen molar-refractivity contribution in [3.63, 3.8) is 0 Å². The molecule has 7 nitrogen and oxygen atoms in total. The molecule has 0 atom stereocenters. The van der Waals surface area contributed by atoms with Crippen molar-refractivity contribution >= 4 is 47.2 Å². The Balaban J connectivity index is 0.00000320. The van der Waals surface area contributed by atoms with Gasteiger partial charge in [-0.15, -0.1) is 24.0 Å². The zero-order valence-corrected chi connectivity index (χ0v) is 18.3. The summed E-state index contributed by atoms with van der Waals surface area (Å²) < 4.78 is 51.0. The number of nitrogens with zero attached hydrogens (tertiary/aromatic N) is 1. The third kappa shape index (κ3) is 5.90. The van der Waals surface area contributed by atoms with Crippen molar-refractivity contribution < 1.29 is 27.4 Å². The highest BCUT2D eigenvalue weighted by Gasteiger charge is 2.16. The number of carbonyl (C=O) groups excluding carboxylic acids is 1. The van der Waals surface area contributed by atoms with Gasteiger partial charge in [0.25, 0.3) is 0 Å². The van der Waals surface area contributed by atoms with E-state index >= 15 is 0 Å². The Morgan fingerprint density at radius 2 is 1.77 bits per heavy atom. The van der Waals surface area contributed by atoms with Gasteiger partial charge < -0.3 is 25.4 Å². The third-order valence-electron chi connectivity index (χ3n) is 3.96. The first-order valence-electron chi connectivity index (χ1n) is 8.78. The van der Waals surface area contributed by atoms with E-state index < -0.39 is 29.0 Å². The molecule has 0 saturated heterocycles. The molecule has 1 heterocycles. The predicted molar refractivity (Wildman–Crippen MR) is 117 cm³/mol. The van der Waals surface area contributed by atoms with E-state index in [0.29, 0.717) is 30.4 Å². The van der Waals surface area contributed by atoms with E-state index in [1.165, 1.54) is 7.05 Å². The van der Waals surface area contributed by atoms with E-state index in [-0.39, 0.29) is 36.5 Å². The van der Waals surface area contributed by atoms with Crippen LogP contribution in [0.25, 0.3) is 0 Å². The molecule has 1 aliphatic heterocycles. The van der Waals surface area contributed by atoms with Gasteiger partial charge in [-0.2, -0.15) is 0 Å². The monoisotopic (exact) mass is 536 g/mol. The lowest BCUT2D eigenvalue weighted by molar-refractivity contribution is -0.115. The molecule has 2 aromatic rings. The highest BCUT2D eigenvalue weighted by molar-refractivity contribution is 14.0. The fraction of sp³-hybridized carbons (Fsp3) is 0.263. The lowest BCUT2D eigenvalue weighted by atomic mass is 10.2. The molecule has 0 fully saturated rings. The first-order valence-corrected chi connectivity index (χ1v) is 8.78. The second kappa shape index (κ2) is 10.9. The molecular formula is C19H20F3IN4O3. The van der Waals surface area contributed by atoms with Gasteiger partial charge in [-0.05, 0) is 24.3 Å². The van der Waals surface area contributed by atoms with Gasteiger partial charge in [0.05, 0.1) is 25.4 Å². The topological polar surface area (TPSA) is 84.0 Å². The Labute approximate surface area is 188 Å². The molecule has 2 aromatic carbocycles. The third-order valence-corrected chi connectivity index (χ3v) is 3.96. The minimum atomic E-state index is -1.65. The minimum absolute atomic E-state index is 0. The fourth-order valence-electron chi connectivity index (χ4n) is 2.54. The SMILES string of the molecule is CN=C(NCC(=O)Nc1ccc(F)c(F)c1F)Nc1ccc2c(c1)OCCCO2.I. The molecule has 0 spiro atoms. The lowest BCUT2D eigenvalue weighted by Gasteiger charge is -2.14. The van der Waals surface area contributed by atoms with Crippen LogP contribution in [-0.4, -0.2) is 38.7 Å². The number of anilines is 2. The van der Waals surface area contributed by atoms with Crippen LogP contribution in [-0.2, 0) is 4.79 Å². The van der Waals surface area contributed by atoms with Crippen molar-refractivity contribution in [1.29, 1.82) is 0 Å². The Morgan fingerprint density at radius 1 is 1.03 bits per heavy atom. The van der Waals surface area contributed by atoms with Gasteiger partial charge in [0.2, 0.25) is 5.91 Å². The molecule has 0 saturated carbocycles. The highest BCUT2D eigenvalue weighted by Crippen LogP contribution is 2.32. The zero-order valence-electron chi connectivity index (χ0n) is 15.9. The number of hydrogen-bond donors (Lipinski definition) is 3. The van der Waals surface area contributed by atoms with Crippen LogP contribution in [0.2, 0.25) is 0 Å². The lowest BCUT2D eigenvalue weighted by Crippen LogP contribution is -2.37. The summed E-state index contributed by atoms with van der Waals surface area (Å²) in [6.07, 6.45) is 0.786. The maximum Gasteiger partial charge on any atom is 0.243 e. The summed E-state index contributed by atoms with van der Waals surface area (Å²) >= 11 is 0. The number of ether oxygens (including phenoxy) is 2. The van der Waals surface area contributed by atoms with Crippen molar-refractivity contribution in [2.75, 3.05) is 37.4 Å². The fourth-order valence-corrected chi connectivity index (χ4v) is 2.54. The van der Waals surface area contributed by atoms with Crippen molar-refractivity contribution in [2.45, 2.75) is 6.42 Å². The van der Waals surface area contributed by atoms with Crippen molar-refractivity contribution in [3.8, 4) is 11.5 Å². The van der Waals surface area contributed by atoms with Gasteiger partial charge in [0.1, 0.15) is 0 Å². The number of hydrogen-bond acceptors (Lipinski definition) is 4. The molecule has 0 bridgehead atoms. The number of rotatable bonds is 4. The maximum atomic E-state index is 13.6. The van der Waals surface area contributed by atoms with Gasteiger partial charge in [0, 0.05) is 25.2 Å². The molecule has 0 unspecified atom stereocenters. The quantitative estimate of drug-likeness (QED) is 0.241. The predicted octanol–water partition coefficient (Wildman–Crippen LogP) is 3.51. The Hall–Kier alpha value is -2.70. The molecule has 3 rings (SSSR count). The van der Waals surface area contributed by atoms with Gasteiger partial charge >= 0.3 is 0 Å². The summed E-state index contributed by atoms with van der Waals surface area (Å²) in [4.78, 5) is 16.0. The molecule has 1 amide bonds. The molecular weight excluding hydrogens is 516 g/mol. The first kappa shape index (κ1) is 23.6. The molecule has 0 aromatic heterocycles. The normalized spacial score (nSPS) is 13.0. The average Bonchev–Trinajstić information content (AvgIpc) is 2.96. The number of aliphatic imine (C=N–C) groups is 1. The summed E-state index contributed by atoms with van der Waals surface area (Å²) in [7, 11) is 1.51. The molecule has 1 aliphatic rings. The van der Waals surface area contributed by atoms with E-state index in [9.17, 15) is 18.0 Å². The van der Waals surface area contributed by atoms with Crippen molar-refractivity contribution in [1.82, 2.24) is 5.32 Å². The Bertz CT molecular complexity index is 943. The van der Waals surface area contributed by atoms with Crippen LogP contribution in [0.15, 0.2) is 35.3 Å². The second-order valence-electron chi connectivity index (χ2n) is 6.03. The number of guanidine groups is 1. The van der Waals surface area contributed by atoms with E-state index in [4.69, 9.17) is 9.47 Å². The van der Waals surface area contributed by atoms with Crippen molar-refractivity contribution in [3.05, 3.63) is 47.8 Å². The van der Waals surface area contributed by atoms with Crippen LogP contribution in [0.1, 0.15) is 6.42 Å². The maximum absolute atomic E-state index is 13.6. The van der Waals surface area contributed by atoms with E-state index in [1.807, 2.05) is 0 Å².